The summed E-state index contributed by atoms with van der Waals surface area (Å²) in [7, 11) is 0. The van der Waals surface area contributed by atoms with Gasteiger partial charge in [0, 0.05) is 10.9 Å². The van der Waals surface area contributed by atoms with Gasteiger partial charge < -0.3 is 10.1 Å². The van der Waals surface area contributed by atoms with E-state index in [2.05, 4.69) is 23.5 Å². The highest BCUT2D eigenvalue weighted by molar-refractivity contribution is 5.93. The Balaban J connectivity index is 1.92. The number of hydrogen-bond acceptors (Lipinski definition) is 2. The van der Waals surface area contributed by atoms with Gasteiger partial charge in [0.25, 0.3) is 0 Å². The predicted octanol–water partition coefficient (Wildman–Crippen LogP) is 4.34. The third-order valence-electron chi connectivity index (χ3n) is 4.09. The van der Waals surface area contributed by atoms with Crippen LogP contribution >= 0.6 is 0 Å². The first kappa shape index (κ1) is 12.9. The van der Waals surface area contributed by atoms with Gasteiger partial charge in [-0.05, 0) is 17.9 Å². The Labute approximate surface area is 128 Å². The molecule has 0 radical (unpaired) electrons. The lowest BCUT2D eigenvalue weighted by Crippen LogP contribution is -2.36. The maximum atomic E-state index is 12.0. The molecule has 0 saturated carbocycles. The number of fused-ring (bicyclic) bond motifs is 3. The van der Waals surface area contributed by atoms with Gasteiger partial charge in [-0.15, -0.1) is 0 Å². The van der Waals surface area contributed by atoms with Crippen LogP contribution in [0.3, 0.4) is 0 Å². The van der Waals surface area contributed by atoms with Crippen molar-refractivity contribution in [3.63, 3.8) is 0 Å². The van der Waals surface area contributed by atoms with Gasteiger partial charge in [-0.25, -0.2) is 4.79 Å². The number of amides is 1. The van der Waals surface area contributed by atoms with Crippen molar-refractivity contribution in [3.8, 4) is 5.75 Å². The van der Waals surface area contributed by atoms with Gasteiger partial charge in [0.15, 0.2) is 0 Å². The summed E-state index contributed by atoms with van der Waals surface area (Å²) >= 11 is 0. The van der Waals surface area contributed by atoms with E-state index in [9.17, 15) is 4.79 Å². The molecule has 0 saturated heterocycles. The van der Waals surface area contributed by atoms with E-state index in [4.69, 9.17) is 4.74 Å². The number of carbonyl (C=O) groups excluding carboxylic acids is 1. The average Bonchev–Trinajstić information content (AvgIpc) is 2.55. The van der Waals surface area contributed by atoms with E-state index in [1.165, 1.54) is 5.56 Å². The molecule has 1 aliphatic rings. The molecule has 1 aliphatic heterocycles. The molecule has 3 heteroatoms. The van der Waals surface area contributed by atoms with Gasteiger partial charge in [-0.3, -0.25) is 0 Å². The fraction of sp³-hybridized carbons (Fsp3) is 0.105. The number of nitrogens with one attached hydrogen (secondary N) is 1. The predicted molar refractivity (Wildman–Crippen MR) is 86.1 cm³/mol. The summed E-state index contributed by atoms with van der Waals surface area (Å²) in [6.07, 6.45) is -0.408. The molecule has 3 aromatic rings. The van der Waals surface area contributed by atoms with E-state index in [-0.39, 0.29) is 6.04 Å². The average molecular weight is 289 g/mol. The lowest BCUT2D eigenvalue weighted by atomic mass is 9.93. The van der Waals surface area contributed by atoms with Crippen LogP contribution in [0.15, 0.2) is 60.7 Å². The summed E-state index contributed by atoms with van der Waals surface area (Å²) < 4.78 is 5.47. The zero-order valence-electron chi connectivity index (χ0n) is 12.2. The highest BCUT2D eigenvalue weighted by Gasteiger charge is 2.28. The lowest BCUT2D eigenvalue weighted by molar-refractivity contribution is 0.192. The zero-order valence-corrected chi connectivity index (χ0v) is 12.2. The molecule has 0 fully saturated rings. The Morgan fingerprint density at radius 1 is 0.955 bits per heavy atom. The Bertz CT molecular complexity index is 868. The highest BCUT2D eigenvalue weighted by atomic mass is 16.6. The van der Waals surface area contributed by atoms with E-state index >= 15 is 0 Å². The van der Waals surface area contributed by atoms with Crippen LogP contribution in [0.2, 0.25) is 0 Å². The molecular formula is C19H15NO2. The van der Waals surface area contributed by atoms with Crippen LogP contribution < -0.4 is 10.1 Å². The van der Waals surface area contributed by atoms with Crippen LogP contribution in [0.1, 0.15) is 22.7 Å². The lowest BCUT2D eigenvalue weighted by Gasteiger charge is -2.27. The van der Waals surface area contributed by atoms with Crippen molar-refractivity contribution in [2.45, 2.75) is 13.0 Å². The second-order valence-electron chi connectivity index (χ2n) is 5.58. The number of carbonyl (C=O) groups is 1. The molecule has 3 aromatic carbocycles. The Morgan fingerprint density at radius 2 is 1.73 bits per heavy atom. The van der Waals surface area contributed by atoms with E-state index in [1.807, 2.05) is 49.4 Å². The van der Waals surface area contributed by atoms with Crippen molar-refractivity contribution in [3.05, 3.63) is 77.4 Å². The second-order valence-corrected chi connectivity index (χ2v) is 5.58. The number of hydrogen-bond donors (Lipinski definition) is 1. The monoisotopic (exact) mass is 289 g/mol. The molecule has 0 aliphatic carbocycles. The van der Waals surface area contributed by atoms with E-state index in [1.54, 1.807) is 0 Å². The number of aryl methyl sites for hydroxylation is 1. The van der Waals surface area contributed by atoms with Gasteiger partial charge in [0.1, 0.15) is 5.75 Å². The minimum atomic E-state index is -0.408. The number of ether oxygens (including phenoxy) is 1. The zero-order chi connectivity index (χ0) is 15.1. The third kappa shape index (κ3) is 2.02. The molecule has 0 aromatic heterocycles. The minimum absolute atomic E-state index is 0.179. The first-order valence-corrected chi connectivity index (χ1v) is 7.29. The van der Waals surface area contributed by atoms with Crippen molar-refractivity contribution in [1.29, 1.82) is 0 Å². The molecule has 1 unspecified atom stereocenters. The van der Waals surface area contributed by atoms with Crippen LogP contribution in [-0.4, -0.2) is 6.09 Å². The molecule has 3 nitrogen and oxygen atoms in total. The summed E-state index contributed by atoms with van der Waals surface area (Å²) in [5.74, 6) is 0.660. The minimum Gasteiger partial charge on any atom is -0.409 e. The molecule has 108 valence electrons. The van der Waals surface area contributed by atoms with Crippen molar-refractivity contribution in [1.82, 2.24) is 5.32 Å². The Hall–Kier alpha value is -2.81. The van der Waals surface area contributed by atoms with Crippen LogP contribution in [-0.2, 0) is 0 Å². The van der Waals surface area contributed by atoms with E-state index in [0.29, 0.717) is 5.75 Å². The van der Waals surface area contributed by atoms with Gasteiger partial charge in [-0.1, -0.05) is 66.2 Å². The Morgan fingerprint density at radius 3 is 2.55 bits per heavy atom. The van der Waals surface area contributed by atoms with Gasteiger partial charge in [0.05, 0.1) is 6.04 Å². The molecule has 22 heavy (non-hydrogen) atoms. The van der Waals surface area contributed by atoms with Crippen LogP contribution in [0, 0.1) is 6.92 Å². The maximum Gasteiger partial charge on any atom is 0.413 e. The first-order valence-electron chi connectivity index (χ1n) is 7.29. The summed E-state index contributed by atoms with van der Waals surface area (Å²) in [5.41, 5.74) is 3.24. The molecule has 1 amide bonds. The van der Waals surface area contributed by atoms with Gasteiger partial charge in [0.2, 0.25) is 0 Å². The smallest absolute Gasteiger partial charge is 0.409 e. The highest BCUT2D eigenvalue weighted by Crippen LogP contribution is 2.38. The maximum absolute atomic E-state index is 12.0. The van der Waals surface area contributed by atoms with Crippen molar-refractivity contribution in [2.24, 2.45) is 0 Å². The van der Waals surface area contributed by atoms with Gasteiger partial charge >= 0.3 is 6.09 Å². The molecule has 1 N–H and O–H groups in total. The number of rotatable bonds is 1. The van der Waals surface area contributed by atoms with Crippen LogP contribution in [0.25, 0.3) is 10.8 Å². The topological polar surface area (TPSA) is 38.3 Å². The van der Waals surface area contributed by atoms with Gasteiger partial charge in [-0.2, -0.15) is 0 Å². The second kappa shape index (κ2) is 4.88. The molecule has 4 rings (SSSR count). The fourth-order valence-electron chi connectivity index (χ4n) is 2.94. The normalized spacial score (nSPS) is 16.8. The largest absolute Gasteiger partial charge is 0.413 e. The van der Waals surface area contributed by atoms with Crippen LogP contribution in [0.5, 0.6) is 5.75 Å². The summed E-state index contributed by atoms with van der Waals surface area (Å²) in [5, 5.41) is 4.94. The quantitative estimate of drug-likeness (QED) is 0.723. The SMILES string of the molecule is Cc1ccc(C2NC(=O)Oc3c2ccc2ccccc32)cc1. The summed E-state index contributed by atoms with van der Waals surface area (Å²) in [6.45, 7) is 2.05. The molecule has 0 spiro atoms. The van der Waals surface area contributed by atoms with Crippen molar-refractivity contribution in [2.75, 3.05) is 0 Å². The summed E-state index contributed by atoms with van der Waals surface area (Å²) in [6, 6.07) is 20.1. The molecule has 0 bridgehead atoms. The Kier molecular flexibility index (Phi) is 2.86. The van der Waals surface area contributed by atoms with E-state index in [0.717, 1.165) is 21.9 Å². The molecule has 1 heterocycles. The standard InChI is InChI=1S/C19H15NO2/c1-12-6-8-14(9-7-12)17-16-11-10-13-4-2-3-5-15(13)18(16)22-19(21)20-17/h2-11,17H,1H3,(H,20,21). The van der Waals surface area contributed by atoms with Crippen molar-refractivity contribution < 1.29 is 9.53 Å². The third-order valence-corrected chi connectivity index (χ3v) is 4.09. The molecule has 1 atom stereocenters. The van der Waals surface area contributed by atoms with Crippen LogP contribution in [0.4, 0.5) is 4.79 Å². The summed E-state index contributed by atoms with van der Waals surface area (Å²) in [4.78, 5) is 12.0. The van der Waals surface area contributed by atoms with E-state index < -0.39 is 6.09 Å². The molecular weight excluding hydrogens is 274 g/mol. The first-order chi connectivity index (χ1) is 10.7. The van der Waals surface area contributed by atoms with Crippen molar-refractivity contribution >= 4 is 16.9 Å². The fourth-order valence-corrected chi connectivity index (χ4v) is 2.94. The number of benzene rings is 3.